The summed E-state index contributed by atoms with van der Waals surface area (Å²) >= 11 is 0. The summed E-state index contributed by atoms with van der Waals surface area (Å²) in [5.74, 6) is 0.0235. The molecule has 3 aliphatic rings. The zero-order chi connectivity index (χ0) is 15.8. The third-order valence-electron chi connectivity index (χ3n) is 5.96. The van der Waals surface area contributed by atoms with E-state index in [2.05, 4.69) is 4.72 Å². The molecule has 0 aromatic carbocycles. The van der Waals surface area contributed by atoms with Crippen molar-refractivity contribution in [2.45, 2.75) is 62.7 Å². The molecule has 0 aromatic rings. The highest BCUT2D eigenvalue weighted by atomic mass is 32.2. The fourth-order valence-electron chi connectivity index (χ4n) is 4.39. The van der Waals surface area contributed by atoms with Crippen LogP contribution in [0.2, 0.25) is 0 Å². The summed E-state index contributed by atoms with van der Waals surface area (Å²) in [6, 6.07) is -0.174. The maximum Gasteiger partial charge on any atom is 0.214 e. The predicted octanol–water partition coefficient (Wildman–Crippen LogP) is 0.795. The Morgan fingerprint density at radius 3 is 2.41 bits per heavy atom. The van der Waals surface area contributed by atoms with Gasteiger partial charge in [-0.2, -0.15) is 0 Å². The fraction of sp³-hybridized carbons (Fsp3) is 1.00. The summed E-state index contributed by atoms with van der Waals surface area (Å²) in [5, 5.41) is 10.2. The molecule has 6 nitrogen and oxygen atoms in total. The van der Waals surface area contributed by atoms with Crippen molar-refractivity contribution in [2.75, 3.05) is 26.1 Å². The molecule has 0 amide bonds. The molecule has 1 heterocycles. The fourth-order valence-corrected chi connectivity index (χ4v) is 6.34. The summed E-state index contributed by atoms with van der Waals surface area (Å²) < 4.78 is 38.9. The van der Waals surface area contributed by atoms with Crippen LogP contribution < -0.4 is 4.72 Å². The third-order valence-corrected chi connectivity index (χ3v) is 7.51. The Hall–Kier alpha value is -0.210. The molecule has 1 spiro atoms. The van der Waals surface area contributed by atoms with Crippen molar-refractivity contribution in [1.82, 2.24) is 4.72 Å². The van der Waals surface area contributed by atoms with Gasteiger partial charge in [0.25, 0.3) is 0 Å². The second kappa shape index (κ2) is 6.02. The van der Waals surface area contributed by atoms with Crippen LogP contribution in [0.5, 0.6) is 0 Å². The lowest BCUT2D eigenvalue weighted by molar-refractivity contribution is -0.143. The first-order valence-electron chi connectivity index (χ1n) is 8.22. The van der Waals surface area contributed by atoms with Crippen molar-refractivity contribution in [1.29, 1.82) is 0 Å². The van der Waals surface area contributed by atoms with Gasteiger partial charge in [0.15, 0.2) is 0 Å². The average Bonchev–Trinajstić information content (AvgIpc) is 2.96. The van der Waals surface area contributed by atoms with Gasteiger partial charge >= 0.3 is 0 Å². The second-order valence-electron chi connectivity index (χ2n) is 7.12. The molecule has 0 unspecified atom stereocenters. The Balaban J connectivity index is 1.66. The lowest BCUT2D eigenvalue weighted by atomic mass is 9.58. The topological polar surface area (TPSA) is 84.9 Å². The molecule has 0 radical (unpaired) electrons. The van der Waals surface area contributed by atoms with E-state index < -0.39 is 21.7 Å². The largest absolute Gasteiger partial charge is 0.392 e. The number of rotatable bonds is 5. The van der Waals surface area contributed by atoms with Gasteiger partial charge in [0.1, 0.15) is 0 Å². The van der Waals surface area contributed by atoms with E-state index in [0.717, 1.165) is 38.5 Å². The first-order chi connectivity index (χ1) is 10.4. The van der Waals surface area contributed by atoms with Crippen LogP contribution in [0, 0.1) is 5.41 Å². The van der Waals surface area contributed by atoms with Crippen molar-refractivity contribution in [3.63, 3.8) is 0 Å². The minimum Gasteiger partial charge on any atom is -0.392 e. The van der Waals surface area contributed by atoms with Gasteiger partial charge in [-0.15, -0.1) is 0 Å². The highest BCUT2D eigenvalue weighted by Crippen LogP contribution is 2.49. The van der Waals surface area contributed by atoms with Crippen molar-refractivity contribution in [3.05, 3.63) is 0 Å². The molecule has 2 N–H and O–H groups in total. The highest BCUT2D eigenvalue weighted by molar-refractivity contribution is 7.89. The van der Waals surface area contributed by atoms with Crippen molar-refractivity contribution >= 4 is 10.0 Å². The lowest BCUT2D eigenvalue weighted by Crippen LogP contribution is -2.66. The quantitative estimate of drug-likeness (QED) is 0.777. The Bertz CT molecular complexity index is 494. The number of aliphatic hydroxyl groups is 1. The monoisotopic (exact) mass is 333 g/mol. The molecule has 2 saturated carbocycles. The molecule has 1 saturated heterocycles. The van der Waals surface area contributed by atoms with E-state index in [1.165, 1.54) is 0 Å². The molecular weight excluding hydrogens is 306 g/mol. The molecule has 3 fully saturated rings. The van der Waals surface area contributed by atoms with Crippen LogP contribution >= 0.6 is 0 Å². The van der Waals surface area contributed by atoms with E-state index in [0.29, 0.717) is 19.6 Å². The Morgan fingerprint density at radius 1 is 1.23 bits per heavy atom. The lowest BCUT2D eigenvalue weighted by Gasteiger charge is -2.55. The zero-order valence-electron chi connectivity index (χ0n) is 13.2. The van der Waals surface area contributed by atoms with Gasteiger partial charge in [-0.3, -0.25) is 0 Å². The van der Waals surface area contributed by atoms with Gasteiger partial charge in [0.2, 0.25) is 10.0 Å². The van der Waals surface area contributed by atoms with Crippen molar-refractivity contribution in [2.24, 2.45) is 5.41 Å². The summed E-state index contributed by atoms with van der Waals surface area (Å²) in [6.45, 7) is 1.19. The maximum atomic E-state index is 12.6. The average molecular weight is 333 g/mol. The summed E-state index contributed by atoms with van der Waals surface area (Å²) in [4.78, 5) is 0. The molecule has 0 bridgehead atoms. The highest BCUT2D eigenvalue weighted by Gasteiger charge is 2.56. The number of hydrogen-bond acceptors (Lipinski definition) is 5. The number of methoxy groups -OCH3 is 1. The molecule has 128 valence electrons. The smallest absolute Gasteiger partial charge is 0.214 e. The van der Waals surface area contributed by atoms with Crippen LogP contribution in [-0.2, 0) is 19.5 Å². The second-order valence-corrected chi connectivity index (χ2v) is 8.87. The van der Waals surface area contributed by atoms with Gasteiger partial charge in [0, 0.05) is 31.8 Å². The molecule has 7 heteroatoms. The van der Waals surface area contributed by atoms with E-state index in [4.69, 9.17) is 9.47 Å². The first kappa shape index (κ1) is 16.6. The molecular formula is C15H27NO5S. The van der Waals surface area contributed by atoms with Crippen LogP contribution in [0.4, 0.5) is 0 Å². The predicted molar refractivity (Wildman–Crippen MR) is 82.0 cm³/mol. The number of nitrogens with one attached hydrogen (secondary N) is 1. The summed E-state index contributed by atoms with van der Waals surface area (Å²) in [6.07, 6.45) is 5.16. The van der Waals surface area contributed by atoms with E-state index in [1.54, 1.807) is 7.11 Å². The van der Waals surface area contributed by atoms with Crippen LogP contribution in [0.25, 0.3) is 0 Å². The molecule has 2 aliphatic carbocycles. The van der Waals surface area contributed by atoms with Crippen molar-refractivity contribution < 1.29 is 23.0 Å². The molecule has 1 aliphatic heterocycles. The summed E-state index contributed by atoms with van der Waals surface area (Å²) in [7, 11) is -1.82. The zero-order valence-corrected chi connectivity index (χ0v) is 14.0. The SMILES string of the molecule is COC1(CS(=O)(=O)N[C@@H]2C[C@@H](O)C23CCOCC3)CCCC1. The molecule has 0 aromatic heterocycles. The van der Waals surface area contributed by atoms with E-state index in [1.807, 2.05) is 0 Å². The number of aliphatic hydroxyl groups excluding tert-OH is 1. The minimum absolute atomic E-state index is 0.0235. The number of ether oxygens (including phenoxy) is 2. The Labute approximate surface area is 132 Å². The maximum absolute atomic E-state index is 12.6. The molecule has 22 heavy (non-hydrogen) atoms. The van der Waals surface area contributed by atoms with Gasteiger partial charge in [-0.1, -0.05) is 12.8 Å². The van der Waals surface area contributed by atoms with Crippen LogP contribution in [0.3, 0.4) is 0 Å². The van der Waals surface area contributed by atoms with Crippen LogP contribution in [0.1, 0.15) is 44.9 Å². The minimum atomic E-state index is -3.42. The van der Waals surface area contributed by atoms with Crippen LogP contribution in [-0.4, -0.2) is 57.3 Å². The van der Waals surface area contributed by atoms with E-state index >= 15 is 0 Å². The van der Waals surface area contributed by atoms with E-state index in [9.17, 15) is 13.5 Å². The van der Waals surface area contributed by atoms with Gasteiger partial charge in [-0.25, -0.2) is 13.1 Å². The molecule has 3 rings (SSSR count). The van der Waals surface area contributed by atoms with Gasteiger partial charge in [-0.05, 0) is 32.1 Å². The summed E-state index contributed by atoms with van der Waals surface area (Å²) in [5.41, 5.74) is -0.863. The Kier molecular flexibility index (Phi) is 4.55. The number of hydrogen-bond donors (Lipinski definition) is 2. The van der Waals surface area contributed by atoms with Crippen molar-refractivity contribution in [3.8, 4) is 0 Å². The Morgan fingerprint density at radius 2 is 1.86 bits per heavy atom. The van der Waals surface area contributed by atoms with Gasteiger partial charge < -0.3 is 14.6 Å². The first-order valence-corrected chi connectivity index (χ1v) is 9.88. The van der Waals surface area contributed by atoms with E-state index in [-0.39, 0.29) is 17.2 Å². The third kappa shape index (κ3) is 2.94. The molecule has 2 atom stereocenters. The standard InChI is InChI=1S/C15H27NO5S/c1-20-14(4-2-3-5-14)11-22(18,19)16-12-10-13(17)15(12)6-8-21-9-7-15/h12-13,16-17H,2-11H2,1H3/t12-,13-/m1/s1. The normalized spacial score (nSPS) is 33.7. The van der Waals surface area contributed by atoms with Gasteiger partial charge in [0.05, 0.1) is 17.5 Å². The van der Waals surface area contributed by atoms with Crippen LogP contribution in [0.15, 0.2) is 0 Å². The number of sulfonamides is 1.